The number of aliphatic hydroxyl groups excluding tert-OH is 1. The number of benzene rings is 1. The molecule has 0 saturated heterocycles. The zero-order chi connectivity index (χ0) is 25.1. The van der Waals surface area contributed by atoms with E-state index in [1.807, 2.05) is 6.07 Å². The summed E-state index contributed by atoms with van der Waals surface area (Å²) in [6.45, 7) is 1.47. The molecule has 1 aliphatic rings. The van der Waals surface area contributed by atoms with Crippen molar-refractivity contribution in [3.05, 3.63) is 46.7 Å². The number of carbonyl (C=O) groups excluding carboxylic acids is 3. The summed E-state index contributed by atoms with van der Waals surface area (Å²) in [5.74, 6) is -2.40. The highest BCUT2D eigenvalue weighted by Gasteiger charge is 2.23. The van der Waals surface area contributed by atoms with Crippen molar-refractivity contribution in [2.75, 3.05) is 13.1 Å². The molecule has 0 aliphatic heterocycles. The molecule has 0 bridgehead atoms. The minimum atomic E-state index is -1.20. The van der Waals surface area contributed by atoms with Gasteiger partial charge < -0.3 is 20.8 Å². The zero-order valence-electron chi connectivity index (χ0n) is 19.0. The predicted octanol–water partition coefficient (Wildman–Crippen LogP) is 2.05. The van der Waals surface area contributed by atoms with Crippen molar-refractivity contribution >= 4 is 29.3 Å². The highest BCUT2D eigenvalue weighted by Crippen LogP contribution is 2.21. The molecule has 0 spiro atoms. The van der Waals surface area contributed by atoms with Crippen molar-refractivity contribution in [3.63, 3.8) is 0 Å². The average molecular weight is 469 g/mol. The van der Waals surface area contributed by atoms with E-state index in [9.17, 15) is 24.3 Å². The summed E-state index contributed by atoms with van der Waals surface area (Å²) in [4.78, 5) is 52.1. The third kappa shape index (κ3) is 7.85. The Labute approximate surface area is 197 Å². The summed E-state index contributed by atoms with van der Waals surface area (Å²) < 4.78 is 0. The molecule has 1 aromatic rings. The van der Waals surface area contributed by atoms with E-state index in [2.05, 4.69) is 15.6 Å². The number of nitrogens with one attached hydrogen (secondary N) is 2. The second-order valence-electron chi connectivity index (χ2n) is 7.89. The van der Waals surface area contributed by atoms with E-state index >= 15 is 0 Å². The molecule has 0 fully saturated rings. The van der Waals surface area contributed by atoms with Gasteiger partial charge in [0.05, 0.1) is 17.2 Å². The van der Waals surface area contributed by atoms with Crippen molar-refractivity contribution in [1.29, 1.82) is 5.26 Å². The first-order valence-electron chi connectivity index (χ1n) is 11.0. The van der Waals surface area contributed by atoms with E-state index < -0.39 is 30.4 Å². The number of Topliss-reactive ketones (excluding diaryl/α,β-unsaturated/α-hetero) is 1. The van der Waals surface area contributed by atoms with Crippen molar-refractivity contribution < 1.29 is 29.4 Å². The Kier molecular flexibility index (Phi) is 9.95. The van der Waals surface area contributed by atoms with E-state index in [1.54, 1.807) is 6.92 Å². The van der Waals surface area contributed by atoms with Gasteiger partial charge in [-0.05, 0) is 56.9 Å². The highest BCUT2D eigenvalue weighted by atomic mass is 16.4. The van der Waals surface area contributed by atoms with Crippen LogP contribution in [0.1, 0.15) is 61.4 Å². The van der Waals surface area contributed by atoms with Gasteiger partial charge in [0.1, 0.15) is 18.3 Å². The van der Waals surface area contributed by atoms with E-state index in [-0.39, 0.29) is 29.1 Å². The lowest BCUT2D eigenvalue weighted by Crippen LogP contribution is -2.47. The number of carbonyl (C=O) groups is 4. The number of carboxylic acid groups (broad SMARTS) is 1. The predicted molar refractivity (Wildman–Crippen MR) is 123 cm³/mol. The SMILES string of the molecule is CC(=NCCCC[C@H](NC(=O)c1ccc(C#N)cc1)C(=O)NCC(=O)O)C1=C(O)CCCC1=O. The molecule has 0 unspecified atom stereocenters. The molecule has 0 radical (unpaired) electrons. The number of aliphatic imine (C=N–C) groups is 1. The number of hydrogen-bond acceptors (Lipinski definition) is 7. The van der Waals surface area contributed by atoms with Crippen LogP contribution in [-0.2, 0) is 14.4 Å². The molecule has 2 amide bonds. The minimum absolute atomic E-state index is 0.0678. The van der Waals surface area contributed by atoms with Gasteiger partial charge in [-0.3, -0.25) is 24.2 Å². The molecule has 1 aromatic carbocycles. The van der Waals surface area contributed by atoms with Crippen LogP contribution in [0.3, 0.4) is 0 Å². The molecule has 10 nitrogen and oxygen atoms in total. The maximum absolute atomic E-state index is 12.5. The molecule has 2 rings (SSSR count). The van der Waals surface area contributed by atoms with Crippen molar-refractivity contribution in [1.82, 2.24) is 10.6 Å². The first kappa shape index (κ1) is 26.3. The quantitative estimate of drug-likeness (QED) is 0.284. The summed E-state index contributed by atoms with van der Waals surface area (Å²) in [5, 5.41) is 32.5. The standard InChI is InChI=1S/C24H28N4O6/c1-15(22-19(29)6-4-7-20(22)30)26-12-3-2-5-18(24(34)27-14-21(31)32)28-23(33)17-10-8-16(13-25)9-11-17/h8-11,18,29H,2-7,12,14H2,1H3,(H,27,34)(H,28,33)(H,31,32)/t18-/m0/s1. The number of aliphatic hydroxyl groups is 1. The number of ketones is 1. The maximum Gasteiger partial charge on any atom is 0.322 e. The molecule has 34 heavy (non-hydrogen) atoms. The third-order valence-corrected chi connectivity index (χ3v) is 5.31. The summed E-state index contributed by atoms with van der Waals surface area (Å²) in [7, 11) is 0. The minimum Gasteiger partial charge on any atom is -0.511 e. The summed E-state index contributed by atoms with van der Waals surface area (Å²) in [6, 6.07) is 6.90. The van der Waals surface area contributed by atoms with Crippen LogP contribution in [0, 0.1) is 11.3 Å². The summed E-state index contributed by atoms with van der Waals surface area (Å²) in [6.07, 6.45) is 2.76. The topological polar surface area (TPSA) is 169 Å². The Morgan fingerprint density at radius 3 is 2.50 bits per heavy atom. The van der Waals surface area contributed by atoms with Crippen LogP contribution in [0.4, 0.5) is 0 Å². The second kappa shape index (κ2) is 12.9. The molecule has 1 atom stereocenters. The maximum atomic E-state index is 12.5. The van der Waals surface area contributed by atoms with Crippen LogP contribution >= 0.6 is 0 Å². The Balaban J connectivity index is 1.96. The van der Waals surface area contributed by atoms with Crippen LogP contribution in [0.15, 0.2) is 40.6 Å². The van der Waals surface area contributed by atoms with E-state index in [0.29, 0.717) is 49.9 Å². The molecule has 1 aliphatic carbocycles. The van der Waals surface area contributed by atoms with Gasteiger partial charge in [-0.2, -0.15) is 5.26 Å². The molecular weight excluding hydrogens is 440 g/mol. The number of carboxylic acids is 1. The Morgan fingerprint density at radius 1 is 1.18 bits per heavy atom. The monoisotopic (exact) mass is 468 g/mol. The van der Waals surface area contributed by atoms with Crippen molar-refractivity contribution in [2.24, 2.45) is 4.99 Å². The molecule has 4 N–H and O–H groups in total. The Bertz CT molecular complexity index is 1040. The van der Waals surface area contributed by atoms with Gasteiger partial charge in [-0.15, -0.1) is 0 Å². The summed E-state index contributed by atoms with van der Waals surface area (Å²) in [5.41, 5.74) is 1.42. The van der Waals surface area contributed by atoms with Crippen LogP contribution < -0.4 is 10.6 Å². The second-order valence-corrected chi connectivity index (χ2v) is 7.89. The van der Waals surface area contributed by atoms with E-state index in [0.717, 1.165) is 0 Å². The Hall–Kier alpha value is -4.00. The van der Waals surface area contributed by atoms with Gasteiger partial charge in [0.2, 0.25) is 5.91 Å². The summed E-state index contributed by atoms with van der Waals surface area (Å²) >= 11 is 0. The number of aliphatic carboxylic acids is 1. The zero-order valence-corrected chi connectivity index (χ0v) is 19.0. The van der Waals surface area contributed by atoms with E-state index in [4.69, 9.17) is 10.4 Å². The van der Waals surface area contributed by atoms with Crippen LogP contribution in [0.5, 0.6) is 0 Å². The molecule has 0 aromatic heterocycles. The number of unbranched alkanes of at least 4 members (excludes halogenated alkanes) is 1. The number of amides is 2. The molecule has 180 valence electrons. The molecule has 0 saturated carbocycles. The van der Waals surface area contributed by atoms with Gasteiger partial charge in [0, 0.05) is 30.7 Å². The van der Waals surface area contributed by atoms with Crippen LogP contribution in [0.2, 0.25) is 0 Å². The van der Waals surface area contributed by atoms with Gasteiger partial charge in [-0.1, -0.05) is 0 Å². The lowest BCUT2D eigenvalue weighted by Gasteiger charge is -2.18. The first-order valence-corrected chi connectivity index (χ1v) is 11.0. The van der Waals surface area contributed by atoms with Gasteiger partial charge in [-0.25, -0.2) is 0 Å². The lowest BCUT2D eigenvalue weighted by molar-refractivity contribution is -0.138. The normalized spacial score (nSPS) is 14.8. The lowest BCUT2D eigenvalue weighted by atomic mass is 9.93. The fourth-order valence-corrected chi connectivity index (χ4v) is 3.52. The van der Waals surface area contributed by atoms with Crippen molar-refractivity contribution in [3.8, 4) is 6.07 Å². The van der Waals surface area contributed by atoms with Crippen LogP contribution in [0.25, 0.3) is 0 Å². The fourth-order valence-electron chi connectivity index (χ4n) is 3.52. The highest BCUT2D eigenvalue weighted by molar-refractivity contribution is 6.22. The average Bonchev–Trinajstić information content (AvgIpc) is 2.81. The van der Waals surface area contributed by atoms with Gasteiger partial charge >= 0.3 is 5.97 Å². The number of rotatable bonds is 11. The first-order chi connectivity index (χ1) is 16.2. The third-order valence-electron chi connectivity index (χ3n) is 5.31. The molecular formula is C24H28N4O6. The molecule has 10 heteroatoms. The molecule has 0 heterocycles. The largest absolute Gasteiger partial charge is 0.511 e. The Morgan fingerprint density at radius 2 is 1.88 bits per heavy atom. The number of allylic oxidation sites excluding steroid dienone is 2. The number of hydrogen-bond donors (Lipinski definition) is 4. The number of nitrogens with zero attached hydrogens (tertiary/aromatic N) is 2. The van der Waals surface area contributed by atoms with Gasteiger partial charge in [0.15, 0.2) is 5.78 Å². The van der Waals surface area contributed by atoms with Crippen molar-refractivity contribution in [2.45, 2.75) is 51.5 Å². The number of nitriles is 1. The van der Waals surface area contributed by atoms with E-state index in [1.165, 1.54) is 24.3 Å². The van der Waals surface area contributed by atoms with Crippen LogP contribution in [-0.4, -0.2) is 58.6 Å². The fraction of sp³-hybridized carbons (Fsp3) is 0.417. The van der Waals surface area contributed by atoms with Gasteiger partial charge in [0.25, 0.3) is 5.91 Å². The smallest absolute Gasteiger partial charge is 0.322 e.